The summed E-state index contributed by atoms with van der Waals surface area (Å²) in [4.78, 5) is 23.5. The van der Waals surface area contributed by atoms with E-state index in [9.17, 15) is 19.8 Å². The van der Waals surface area contributed by atoms with Crippen molar-refractivity contribution in [3.05, 3.63) is 29.8 Å². The molecule has 116 valence electrons. The molecular weight excluding hydrogens is 270 g/mol. The van der Waals surface area contributed by atoms with Gasteiger partial charge in [0.25, 0.3) is 0 Å². The highest BCUT2D eigenvalue weighted by molar-refractivity contribution is 5.85. The monoisotopic (exact) mass is 293 g/mol. The van der Waals surface area contributed by atoms with E-state index in [1.807, 2.05) is 0 Å². The number of carboxylic acid groups (broad SMARTS) is 1. The van der Waals surface area contributed by atoms with E-state index in [-0.39, 0.29) is 30.0 Å². The normalized spacial score (nSPS) is 15.3. The van der Waals surface area contributed by atoms with Crippen molar-refractivity contribution in [3.8, 4) is 5.75 Å². The lowest BCUT2D eigenvalue weighted by Crippen LogP contribution is -2.39. The van der Waals surface area contributed by atoms with Gasteiger partial charge in [-0.15, -0.1) is 0 Å². The largest absolute Gasteiger partial charge is 0.508 e. The molecule has 2 unspecified atom stereocenters. The van der Waals surface area contributed by atoms with Crippen LogP contribution in [0.3, 0.4) is 0 Å². The molecule has 3 N–H and O–H groups in total. The van der Waals surface area contributed by atoms with Gasteiger partial charge in [-0.2, -0.15) is 0 Å². The van der Waals surface area contributed by atoms with Gasteiger partial charge in [-0.05, 0) is 37.5 Å². The van der Waals surface area contributed by atoms with Crippen LogP contribution in [0.25, 0.3) is 0 Å². The van der Waals surface area contributed by atoms with E-state index in [2.05, 4.69) is 5.32 Å². The van der Waals surface area contributed by atoms with E-state index >= 15 is 0 Å². The number of phenols is 1. The van der Waals surface area contributed by atoms with E-state index in [1.165, 1.54) is 0 Å². The first-order valence-electron chi connectivity index (χ1n) is 6.98. The molecule has 0 aliphatic rings. The number of carbonyl (C=O) groups is 2. The number of amides is 1. The number of carbonyl (C=O) groups excluding carboxylic acids is 1. The number of rotatable bonds is 6. The maximum atomic E-state index is 12.1. The molecule has 0 aromatic heterocycles. The summed E-state index contributed by atoms with van der Waals surface area (Å²) in [5, 5.41) is 21.5. The van der Waals surface area contributed by atoms with Gasteiger partial charge < -0.3 is 15.5 Å². The van der Waals surface area contributed by atoms with E-state index in [0.29, 0.717) is 0 Å². The van der Waals surface area contributed by atoms with Gasteiger partial charge in [-0.3, -0.25) is 9.59 Å². The van der Waals surface area contributed by atoms with Crippen LogP contribution in [0.1, 0.15) is 45.7 Å². The van der Waals surface area contributed by atoms with Crippen molar-refractivity contribution in [2.75, 3.05) is 0 Å². The maximum Gasteiger partial charge on any atom is 0.310 e. The third kappa shape index (κ3) is 4.21. The molecule has 0 bridgehead atoms. The zero-order chi connectivity index (χ0) is 16.2. The number of benzene rings is 1. The van der Waals surface area contributed by atoms with Gasteiger partial charge >= 0.3 is 5.97 Å². The van der Waals surface area contributed by atoms with Crippen LogP contribution in [0.2, 0.25) is 0 Å². The fourth-order valence-corrected chi connectivity index (χ4v) is 2.03. The van der Waals surface area contributed by atoms with Crippen LogP contribution in [0.15, 0.2) is 24.3 Å². The Morgan fingerprint density at radius 3 is 2.38 bits per heavy atom. The lowest BCUT2D eigenvalue weighted by molar-refractivity contribution is -0.153. The molecule has 1 rings (SSSR count). The van der Waals surface area contributed by atoms with Crippen molar-refractivity contribution < 1.29 is 19.8 Å². The smallest absolute Gasteiger partial charge is 0.310 e. The van der Waals surface area contributed by atoms with E-state index in [0.717, 1.165) is 5.56 Å². The van der Waals surface area contributed by atoms with Crippen LogP contribution in [0.5, 0.6) is 5.75 Å². The minimum Gasteiger partial charge on any atom is -0.508 e. The predicted molar refractivity (Wildman–Crippen MR) is 79.9 cm³/mol. The quantitative estimate of drug-likeness (QED) is 0.752. The van der Waals surface area contributed by atoms with Crippen molar-refractivity contribution >= 4 is 11.9 Å². The standard InChI is InChI=1S/C16H23NO4/c1-10(2)16(4,15(20)21)9-14(19)17-11(3)12-6-5-7-13(18)8-12/h5-8,10-11,18H,9H2,1-4H3,(H,17,19)(H,20,21). The molecule has 21 heavy (non-hydrogen) atoms. The Kier molecular flexibility index (Phi) is 5.35. The average molecular weight is 293 g/mol. The first kappa shape index (κ1) is 17.0. The van der Waals surface area contributed by atoms with Gasteiger partial charge in [0.2, 0.25) is 5.91 Å². The van der Waals surface area contributed by atoms with Crippen molar-refractivity contribution in [3.63, 3.8) is 0 Å². The maximum absolute atomic E-state index is 12.1. The lowest BCUT2D eigenvalue weighted by Gasteiger charge is -2.29. The number of nitrogens with one attached hydrogen (secondary N) is 1. The molecule has 1 aromatic carbocycles. The molecule has 1 aromatic rings. The second kappa shape index (κ2) is 6.61. The summed E-state index contributed by atoms with van der Waals surface area (Å²) < 4.78 is 0. The van der Waals surface area contributed by atoms with Gasteiger partial charge in [-0.1, -0.05) is 26.0 Å². The number of aromatic hydroxyl groups is 1. The highest BCUT2D eigenvalue weighted by atomic mass is 16.4. The van der Waals surface area contributed by atoms with E-state index in [4.69, 9.17) is 0 Å². The minimum absolute atomic E-state index is 0.0802. The number of phenolic OH excluding ortho intramolecular Hbond substituents is 1. The molecule has 0 saturated heterocycles. The summed E-state index contributed by atoms with van der Waals surface area (Å²) in [5.74, 6) is -1.31. The molecule has 0 fully saturated rings. The average Bonchev–Trinajstić information content (AvgIpc) is 2.37. The van der Waals surface area contributed by atoms with Crippen LogP contribution in [-0.2, 0) is 9.59 Å². The Morgan fingerprint density at radius 1 is 1.29 bits per heavy atom. The predicted octanol–water partition coefficient (Wildman–Crippen LogP) is 2.71. The Hall–Kier alpha value is -2.04. The Labute approximate surface area is 125 Å². The minimum atomic E-state index is -1.09. The molecule has 5 nitrogen and oxygen atoms in total. The van der Waals surface area contributed by atoms with Gasteiger partial charge in [-0.25, -0.2) is 0 Å². The van der Waals surface area contributed by atoms with Crippen LogP contribution >= 0.6 is 0 Å². The molecule has 0 saturated carbocycles. The number of aliphatic carboxylic acids is 1. The highest BCUT2D eigenvalue weighted by Gasteiger charge is 2.38. The number of hydrogen-bond acceptors (Lipinski definition) is 3. The van der Waals surface area contributed by atoms with Crippen LogP contribution < -0.4 is 5.32 Å². The second-order valence-corrected chi connectivity index (χ2v) is 5.94. The first-order valence-corrected chi connectivity index (χ1v) is 6.98. The van der Waals surface area contributed by atoms with Crippen LogP contribution in [0, 0.1) is 11.3 Å². The molecule has 5 heteroatoms. The first-order chi connectivity index (χ1) is 9.66. The van der Waals surface area contributed by atoms with E-state index in [1.54, 1.807) is 52.0 Å². The number of hydrogen-bond donors (Lipinski definition) is 3. The zero-order valence-electron chi connectivity index (χ0n) is 12.9. The van der Waals surface area contributed by atoms with Crippen molar-refractivity contribution in [1.82, 2.24) is 5.32 Å². The van der Waals surface area contributed by atoms with Gasteiger partial charge in [0.1, 0.15) is 5.75 Å². The molecule has 0 spiro atoms. The molecule has 0 aliphatic carbocycles. The molecule has 0 heterocycles. The van der Waals surface area contributed by atoms with Gasteiger partial charge in [0.15, 0.2) is 0 Å². The summed E-state index contributed by atoms with van der Waals surface area (Å²) in [7, 11) is 0. The second-order valence-electron chi connectivity index (χ2n) is 5.94. The van der Waals surface area contributed by atoms with Crippen LogP contribution in [-0.4, -0.2) is 22.1 Å². The summed E-state index contributed by atoms with van der Waals surface area (Å²) in [6, 6.07) is 6.32. The summed E-state index contributed by atoms with van der Waals surface area (Å²) >= 11 is 0. The highest BCUT2D eigenvalue weighted by Crippen LogP contribution is 2.31. The van der Waals surface area contributed by atoms with Crippen LogP contribution in [0.4, 0.5) is 0 Å². The Morgan fingerprint density at radius 2 is 1.90 bits per heavy atom. The van der Waals surface area contributed by atoms with Crippen molar-refractivity contribution in [1.29, 1.82) is 0 Å². The third-order valence-corrected chi connectivity index (χ3v) is 4.04. The lowest BCUT2D eigenvalue weighted by atomic mass is 9.76. The summed E-state index contributed by atoms with van der Waals surface area (Å²) in [6.45, 7) is 6.96. The molecule has 1 amide bonds. The Balaban J connectivity index is 2.75. The van der Waals surface area contributed by atoms with Crippen molar-refractivity contribution in [2.24, 2.45) is 11.3 Å². The fraction of sp³-hybridized carbons (Fsp3) is 0.500. The molecule has 0 radical (unpaired) electrons. The molecule has 0 aliphatic heterocycles. The number of carboxylic acids is 1. The topological polar surface area (TPSA) is 86.6 Å². The fourth-order valence-electron chi connectivity index (χ4n) is 2.03. The Bertz CT molecular complexity index is 527. The third-order valence-electron chi connectivity index (χ3n) is 4.04. The SMILES string of the molecule is CC(NC(=O)CC(C)(C(=O)O)C(C)C)c1cccc(O)c1. The summed E-state index contributed by atoms with van der Waals surface area (Å²) in [6.07, 6.45) is -0.0802. The van der Waals surface area contributed by atoms with Gasteiger partial charge in [0.05, 0.1) is 11.5 Å². The zero-order valence-corrected chi connectivity index (χ0v) is 12.9. The summed E-state index contributed by atoms with van der Waals surface area (Å²) in [5.41, 5.74) is -0.326. The van der Waals surface area contributed by atoms with Crippen molar-refractivity contribution in [2.45, 2.75) is 40.2 Å². The molecular formula is C16H23NO4. The van der Waals surface area contributed by atoms with E-state index < -0.39 is 11.4 Å². The molecule has 2 atom stereocenters. The van der Waals surface area contributed by atoms with Gasteiger partial charge in [0, 0.05) is 6.42 Å².